The third kappa shape index (κ3) is 4.89. The molecule has 1 amide bonds. The van der Waals surface area contributed by atoms with Crippen LogP contribution in [-0.4, -0.2) is 42.4 Å². The number of aliphatic hydroxyl groups is 1. The summed E-state index contributed by atoms with van der Waals surface area (Å²) in [5, 5.41) is 12.1. The Morgan fingerprint density at radius 1 is 1.00 bits per heavy atom. The van der Waals surface area contributed by atoms with Crippen molar-refractivity contribution in [1.82, 2.24) is 9.88 Å². The zero-order chi connectivity index (χ0) is 27.1. The average molecular weight is 557 g/mol. The lowest BCUT2D eigenvalue weighted by molar-refractivity contribution is -0.0212. The van der Waals surface area contributed by atoms with Gasteiger partial charge in [0.1, 0.15) is 17.2 Å². The fraction of sp³-hybridized carbons (Fsp3) is 0.214. The first kappa shape index (κ1) is 26.2. The standard InChI is InChI=1S/C28H23ClF2N2O4S/c29-21-8-2-1-7-20(21)28(35)10-13-33(14-11-28)27(34)25-22(30)15-18(16-23(25)31)17-38(36,37)24-9-3-5-19-6-4-12-32-26(19)24/h1-9,12,15-16,35H,10-11,13-14,17H2. The number of rotatable bonds is 5. The predicted molar refractivity (Wildman–Crippen MR) is 139 cm³/mol. The highest BCUT2D eigenvalue weighted by molar-refractivity contribution is 7.90. The van der Waals surface area contributed by atoms with E-state index >= 15 is 8.78 Å². The number of fused-ring (bicyclic) bond motifs is 1. The fourth-order valence-electron chi connectivity index (χ4n) is 4.88. The molecule has 1 N–H and O–H groups in total. The van der Waals surface area contributed by atoms with Gasteiger partial charge in [0.15, 0.2) is 9.84 Å². The van der Waals surface area contributed by atoms with Crippen LogP contribution in [-0.2, 0) is 21.2 Å². The Morgan fingerprint density at radius 2 is 1.66 bits per heavy atom. The minimum atomic E-state index is -4.00. The maximum Gasteiger partial charge on any atom is 0.259 e. The van der Waals surface area contributed by atoms with E-state index in [1.165, 1.54) is 17.2 Å². The summed E-state index contributed by atoms with van der Waals surface area (Å²) in [6.45, 7) is 0.118. The summed E-state index contributed by atoms with van der Waals surface area (Å²) in [5.41, 5.74) is -1.35. The first-order chi connectivity index (χ1) is 18.1. The number of hydrogen-bond donors (Lipinski definition) is 1. The van der Waals surface area contributed by atoms with E-state index in [1.54, 1.807) is 48.5 Å². The number of para-hydroxylation sites is 1. The minimum Gasteiger partial charge on any atom is -0.385 e. The van der Waals surface area contributed by atoms with E-state index in [9.17, 15) is 18.3 Å². The predicted octanol–water partition coefficient (Wildman–Crippen LogP) is 5.26. The van der Waals surface area contributed by atoms with E-state index in [1.807, 2.05) is 0 Å². The number of carbonyl (C=O) groups excluding carboxylic acids is 1. The van der Waals surface area contributed by atoms with E-state index in [0.29, 0.717) is 16.0 Å². The highest BCUT2D eigenvalue weighted by atomic mass is 35.5. The van der Waals surface area contributed by atoms with Crippen LogP contribution in [0.3, 0.4) is 0 Å². The summed E-state index contributed by atoms with van der Waals surface area (Å²) in [6.07, 6.45) is 1.75. The van der Waals surface area contributed by atoms with Crippen molar-refractivity contribution in [3.05, 3.63) is 106 Å². The second-order valence-corrected chi connectivity index (χ2v) is 11.7. The summed E-state index contributed by atoms with van der Waals surface area (Å²) in [5.74, 6) is -3.83. The molecular formula is C28H23ClF2N2O4S. The van der Waals surface area contributed by atoms with Gasteiger partial charge in [-0.2, -0.15) is 0 Å². The van der Waals surface area contributed by atoms with E-state index < -0.39 is 44.3 Å². The molecule has 2 heterocycles. The van der Waals surface area contributed by atoms with Crippen molar-refractivity contribution in [1.29, 1.82) is 0 Å². The highest BCUT2D eigenvalue weighted by Crippen LogP contribution is 2.37. The van der Waals surface area contributed by atoms with Gasteiger partial charge >= 0.3 is 0 Å². The number of amides is 1. The molecule has 1 aliphatic rings. The van der Waals surface area contributed by atoms with Gasteiger partial charge in [-0.15, -0.1) is 0 Å². The molecule has 1 aliphatic heterocycles. The zero-order valence-corrected chi connectivity index (χ0v) is 21.6. The number of sulfone groups is 1. The number of nitrogens with zero attached hydrogens (tertiary/aromatic N) is 2. The van der Waals surface area contributed by atoms with Crippen LogP contribution in [0.1, 0.15) is 34.3 Å². The van der Waals surface area contributed by atoms with Crippen LogP contribution in [0.25, 0.3) is 10.9 Å². The second kappa shape index (κ2) is 10.1. The largest absolute Gasteiger partial charge is 0.385 e. The summed E-state index contributed by atoms with van der Waals surface area (Å²) in [7, 11) is -4.00. The summed E-state index contributed by atoms with van der Waals surface area (Å²) in [6, 6.07) is 16.7. The topological polar surface area (TPSA) is 87.6 Å². The molecule has 0 aliphatic carbocycles. The Kier molecular flexibility index (Phi) is 6.94. The molecule has 1 fully saturated rings. The maximum atomic E-state index is 15.1. The molecule has 0 spiro atoms. The molecule has 5 rings (SSSR count). The van der Waals surface area contributed by atoms with Crippen LogP contribution in [0.4, 0.5) is 8.78 Å². The zero-order valence-electron chi connectivity index (χ0n) is 20.1. The Labute approximate surface area is 223 Å². The third-order valence-electron chi connectivity index (χ3n) is 6.86. The van der Waals surface area contributed by atoms with Crippen molar-refractivity contribution < 1.29 is 27.1 Å². The molecule has 1 saturated heterocycles. The lowest BCUT2D eigenvalue weighted by atomic mass is 9.84. The molecule has 0 radical (unpaired) electrons. The molecular weight excluding hydrogens is 534 g/mol. The maximum absolute atomic E-state index is 15.1. The van der Waals surface area contributed by atoms with Crippen molar-refractivity contribution in [3.63, 3.8) is 0 Å². The molecule has 3 aromatic carbocycles. The molecule has 0 unspecified atom stereocenters. The SMILES string of the molecule is O=C(c1c(F)cc(CS(=O)(=O)c2cccc3cccnc23)cc1F)N1CCC(O)(c2ccccc2Cl)CC1. The molecule has 196 valence electrons. The quantitative estimate of drug-likeness (QED) is 0.362. The Balaban J connectivity index is 1.35. The number of halogens is 3. The smallest absolute Gasteiger partial charge is 0.259 e. The normalized spacial score (nSPS) is 15.5. The highest BCUT2D eigenvalue weighted by Gasteiger charge is 2.38. The molecule has 0 bridgehead atoms. The number of carbonyl (C=O) groups is 1. The molecule has 4 aromatic rings. The molecule has 6 nitrogen and oxygen atoms in total. The van der Waals surface area contributed by atoms with Crippen LogP contribution >= 0.6 is 11.6 Å². The van der Waals surface area contributed by atoms with Gasteiger partial charge < -0.3 is 10.0 Å². The first-order valence-corrected chi connectivity index (χ1v) is 13.9. The molecule has 38 heavy (non-hydrogen) atoms. The van der Waals surface area contributed by atoms with Crippen LogP contribution in [0.2, 0.25) is 5.02 Å². The summed E-state index contributed by atoms with van der Waals surface area (Å²) < 4.78 is 56.3. The van der Waals surface area contributed by atoms with Crippen LogP contribution < -0.4 is 0 Å². The van der Waals surface area contributed by atoms with Gasteiger partial charge in [0, 0.05) is 35.3 Å². The van der Waals surface area contributed by atoms with Crippen molar-refractivity contribution in [2.24, 2.45) is 0 Å². The lowest BCUT2D eigenvalue weighted by Gasteiger charge is -2.39. The second-order valence-electron chi connectivity index (χ2n) is 9.33. The lowest BCUT2D eigenvalue weighted by Crippen LogP contribution is -2.45. The van der Waals surface area contributed by atoms with E-state index in [0.717, 1.165) is 12.1 Å². The Bertz CT molecular complexity index is 1630. The number of piperidine rings is 1. The van der Waals surface area contributed by atoms with Gasteiger partial charge in [-0.1, -0.05) is 48.0 Å². The number of benzene rings is 3. The fourth-order valence-corrected chi connectivity index (χ4v) is 6.71. The Hall–Kier alpha value is -3.40. The molecule has 10 heteroatoms. The first-order valence-electron chi connectivity index (χ1n) is 11.9. The summed E-state index contributed by atoms with van der Waals surface area (Å²) in [4.78, 5) is 18.4. The Morgan fingerprint density at radius 3 is 2.34 bits per heavy atom. The molecule has 1 aromatic heterocycles. The van der Waals surface area contributed by atoms with Crippen molar-refractivity contribution >= 4 is 38.2 Å². The van der Waals surface area contributed by atoms with Gasteiger partial charge in [0.25, 0.3) is 5.91 Å². The van der Waals surface area contributed by atoms with Crippen LogP contribution in [0.15, 0.2) is 77.8 Å². The van der Waals surface area contributed by atoms with Gasteiger partial charge in [0.05, 0.1) is 21.8 Å². The minimum absolute atomic E-state index is 0.0455. The number of aromatic nitrogens is 1. The number of hydrogen-bond acceptors (Lipinski definition) is 5. The van der Waals surface area contributed by atoms with Crippen molar-refractivity contribution in [2.45, 2.75) is 29.1 Å². The number of likely N-dealkylation sites (tertiary alicyclic amines) is 1. The third-order valence-corrected chi connectivity index (χ3v) is 8.90. The monoisotopic (exact) mass is 556 g/mol. The van der Waals surface area contributed by atoms with Gasteiger partial charge in [-0.05, 0) is 48.7 Å². The van der Waals surface area contributed by atoms with E-state index in [4.69, 9.17) is 11.6 Å². The van der Waals surface area contributed by atoms with Crippen molar-refractivity contribution in [2.75, 3.05) is 13.1 Å². The molecule has 0 atom stereocenters. The summed E-state index contributed by atoms with van der Waals surface area (Å²) >= 11 is 6.23. The van der Waals surface area contributed by atoms with Crippen LogP contribution in [0, 0.1) is 11.6 Å². The van der Waals surface area contributed by atoms with Crippen LogP contribution in [0.5, 0.6) is 0 Å². The van der Waals surface area contributed by atoms with E-state index in [2.05, 4.69) is 4.98 Å². The van der Waals surface area contributed by atoms with E-state index in [-0.39, 0.29) is 41.9 Å². The van der Waals surface area contributed by atoms with Gasteiger partial charge in [-0.3, -0.25) is 9.78 Å². The van der Waals surface area contributed by atoms with Gasteiger partial charge in [0.2, 0.25) is 0 Å². The molecule has 0 saturated carbocycles. The number of pyridine rings is 1. The average Bonchev–Trinajstić information content (AvgIpc) is 2.88. The van der Waals surface area contributed by atoms with Gasteiger partial charge in [-0.25, -0.2) is 17.2 Å². The van der Waals surface area contributed by atoms with Crippen molar-refractivity contribution in [3.8, 4) is 0 Å².